The molecule has 2 rings (SSSR count). The zero-order valence-electron chi connectivity index (χ0n) is 11.4. The second-order valence-corrected chi connectivity index (χ2v) is 4.62. The lowest BCUT2D eigenvalue weighted by atomic mass is 10.1. The van der Waals surface area contributed by atoms with Crippen LogP contribution in [0, 0.1) is 5.92 Å². The molecule has 1 fully saturated rings. The van der Waals surface area contributed by atoms with Crippen LogP contribution in [-0.4, -0.2) is 31.4 Å². The summed E-state index contributed by atoms with van der Waals surface area (Å²) >= 11 is 0. The highest BCUT2D eigenvalue weighted by molar-refractivity contribution is 5.96. The van der Waals surface area contributed by atoms with Gasteiger partial charge >= 0.3 is 0 Å². The van der Waals surface area contributed by atoms with Gasteiger partial charge in [-0.25, -0.2) is 0 Å². The van der Waals surface area contributed by atoms with Crippen LogP contribution in [0.15, 0.2) is 24.3 Å². The summed E-state index contributed by atoms with van der Waals surface area (Å²) in [5.41, 5.74) is 1.33. The molecule has 0 radical (unpaired) electrons. The van der Waals surface area contributed by atoms with Crippen molar-refractivity contribution in [2.75, 3.05) is 25.0 Å². The molecule has 1 aromatic carbocycles. The Bertz CT molecular complexity index is 456. The number of benzene rings is 1. The van der Waals surface area contributed by atoms with Gasteiger partial charge in [0.2, 0.25) is 5.91 Å². The summed E-state index contributed by atoms with van der Waals surface area (Å²) < 4.78 is 0. The van der Waals surface area contributed by atoms with E-state index in [1.165, 1.54) is 0 Å². The molecule has 3 N–H and O–H groups in total. The second kappa shape index (κ2) is 7.87. The number of anilines is 1. The van der Waals surface area contributed by atoms with E-state index >= 15 is 0 Å². The summed E-state index contributed by atoms with van der Waals surface area (Å²) in [7, 11) is 0. The van der Waals surface area contributed by atoms with Crippen molar-refractivity contribution in [3.63, 3.8) is 0 Å². The van der Waals surface area contributed by atoms with Crippen LogP contribution >= 0.6 is 12.4 Å². The van der Waals surface area contributed by atoms with Gasteiger partial charge in [-0.1, -0.05) is 0 Å². The van der Waals surface area contributed by atoms with E-state index in [-0.39, 0.29) is 30.1 Å². The molecule has 2 amide bonds. The largest absolute Gasteiger partial charge is 0.352 e. The van der Waals surface area contributed by atoms with Crippen LogP contribution in [0.25, 0.3) is 0 Å². The molecule has 20 heavy (non-hydrogen) atoms. The van der Waals surface area contributed by atoms with Crippen molar-refractivity contribution in [1.82, 2.24) is 10.6 Å². The number of rotatable bonds is 4. The van der Waals surface area contributed by atoms with Crippen LogP contribution in [0.1, 0.15) is 23.7 Å². The van der Waals surface area contributed by atoms with Crippen LogP contribution in [0.4, 0.5) is 5.69 Å². The predicted octanol–water partition coefficient (Wildman–Crippen LogP) is 1.41. The van der Waals surface area contributed by atoms with Crippen molar-refractivity contribution in [1.29, 1.82) is 0 Å². The molecule has 0 aliphatic carbocycles. The zero-order chi connectivity index (χ0) is 13.7. The van der Waals surface area contributed by atoms with Gasteiger partial charge in [-0.2, -0.15) is 0 Å². The molecule has 0 aromatic heterocycles. The Balaban J connectivity index is 0.00000200. The van der Waals surface area contributed by atoms with Crippen molar-refractivity contribution >= 4 is 29.9 Å². The van der Waals surface area contributed by atoms with Crippen molar-refractivity contribution in [3.05, 3.63) is 29.8 Å². The Hall–Kier alpha value is -1.59. The number of amides is 2. The van der Waals surface area contributed by atoms with Gasteiger partial charge in [-0.15, -0.1) is 12.4 Å². The summed E-state index contributed by atoms with van der Waals surface area (Å²) in [5, 5.41) is 8.77. The predicted molar refractivity (Wildman–Crippen MR) is 81.3 cm³/mol. The molecular formula is C14H20ClN3O2. The number of hydrogen-bond acceptors (Lipinski definition) is 3. The third-order valence-electron chi connectivity index (χ3n) is 3.18. The van der Waals surface area contributed by atoms with E-state index in [2.05, 4.69) is 16.0 Å². The van der Waals surface area contributed by atoms with Crippen molar-refractivity contribution < 1.29 is 9.59 Å². The Morgan fingerprint density at radius 1 is 1.30 bits per heavy atom. The monoisotopic (exact) mass is 297 g/mol. The molecular weight excluding hydrogens is 278 g/mol. The minimum Gasteiger partial charge on any atom is -0.352 e. The molecule has 1 aromatic rings. The molecule has 0 saturated carbocycles. The lowest BCUT2D eigenvalue weighted by Gasteiger charge is -2.10. The highest BCUT2D eigenvalue weighted by Gasteiger charge is 2.22. The highest BCUT2D eigenvalue weighted by atomic mass is 35.5. The van der Waals surface area contributed by atoms with E-state index in [1.807, 2.05) is 6.92 Å². The van der Waals surface area contributed by atoms with Gasteiger partial charge in [0.25, 0.3) is 5.91 Å². The highest BCUT2D eigenvalue weighted by Crippen LogP contribution is 2.14. The first-order valence-electron chi connectivity index (χ1n) is 6.60. The molecule has 1 aliphatic heterocycles. The van der Waals surface area contributed by atoms with E-state index in [9.17, 15) is 9.59 Å². The quantitative estimate of drug-likeness (QED) is 0.787. The smallest absolute Gasteiger partial charge is 0.251 e. The van der Waals surface area contributed by atoms with Gasteiger partial charge in [-0.3, -0.25) is 9.59 Å². The molecule has 0 spiro atoms. The molecule has 5 nitrogen and oxygen atoms in total. The van der Waals surface area contributed by atoms with E-state index in [4.69, 9.17) is 0 Å². The van der Waals surface area contributed by atoms with Crippen LogP contribution in [0.2, 0.25) is 0 Å². The third kappa shape index (κ3) is 4.21. The summed E-state index contributed by atoms with van der Waals surface area (Å²) in [5.74, 6) is -0.0146. The molecule has 1 heterocycles. The zero-order valence-corrected chi connectivity index (χ0v) is 12.3. The molecule has 0 bridgehead atoms. The average Bonchev–Trinajstić information content (AvgIpc) is 2.94. The molecule has 110 valence electrons. The number of hydrogen-bond donors (Lipinski definition) is 3. The molecule has 6 heteroatoms. The van der Waals surface area contributed by atoms with Gasteiger partial charge in [0.05, 0.1) is 5.92 Å². The Kier molecular flexibility index (Phi) is 6.48. The number of halogens is 1. The Morgan fingerprint density at radius 3 is 2.55 bits per heavy atom. The van der Waals surface area contributed by atoms with E-state index in [1.54, 1.807) is 24.3 Å². The number of nitrogens with one attached hydrogen (secondary N) is 3. The fourth-order valence-electron chi connectivity index (χ4n) is 2.09. The maximum Gasteiger partial charge on any atom is 0.251 e. The first-order chi connectivity index (χ1) is 9.20. The average molecular weight is 298 g/mol. The van der Waals surface area contributed by atoms with Gasteiger partial charge in [0.1, 0.15) is 0 Å². The van der Waals surface area contributed by atoms with Gasteiger partial charge < -0.3 is 16.0 Å². The molecule has 1 saturated heterocycles. The van der Waals surface area contributed by atoms with Crippen LogP contribution in [0.5, 0.6) is 0 Å². The summed E-state index contributed by atoms with van der Waals surface area (Å²) in [6.45, 7) is 4.12. The lowest BCUT2D eigenvalue weighted by Crippen LogP contribution is -2.25. The van der Waals surface area contributed by atoms with Crippen molar-refractivity contribution in [3.8, 4) is 0 Å². The SMILES string of the molecule is CCNC(=O)c1ccc(NC(=O)C2CCNC2)cc1.Cl. The van der Waals surface area contributed by atoms with Gasteiger partial charge in [0, 0.05) is 24.3 Å². The van der Waals surface area contributed by atoms with Crippen LogP contribution < -0.4 is 16.0 Å². The van der Waals surface area contributed by atoms with E-state index in [0.717, 1.165) is 25.2 Å². The van der Waals surface area contributed by atoms with Crippen molar-refractivity contribution in [2.24, 2.45) is 5.92 Å². The third-order valence-corrected chi connectivity index (χ3v) is 3.18. The lowest BCUT2D eigenvalue weighted by molar-refractivity contribution is -0.119. The topological polar surface area (TPSA) is 70.2 Å². The first kappa shape index (κ1) is 16.5. The minimum absolute atomic E-state index is 0. The Morgan fingerprint density at radius 2 is 2.00 bits per heavy atom. The fourth-order valence-corrected chi connectivity index (χ4v) is 2.09. The van der Waals surface area contributed by atoms with E-state index < -0.39 is 0 Å². The summed E-state index contributed by atoms with van der Waals surface area (Å²) in [4.78, 5) is 23.5. The molecule has 1 atom stereocenters. The fraction of sp³-hybridized carbons (Fsp3) is 0.429. The second-order valence-electron chi connectivity index (χ2n) is 4.62. The first-order valence-corrected chi connectivity index (χ1v) is 6.60. The summed E-state index contributed by atoms with van der Waals surface area (Å²) in [6, 6.07) is 6.94. The van der Waals surface area contributed by atoms with E-state index in [0.29, 0.717) is 12.1 Å². The van der Waals surface area contributed by atoms with Crippen LogP contribution in [-0.2, 0) is 4.79 Å². The number of carbonyl (C=O) groups is 2. The maximum atomic E-state index is 11.9. The van der Waals surface area contributed by atoms with Gasteiger partial charge in [-0.05, 0) is 44.2 Å². The Labute approximate surface area is 124 Å². The standard InChI is InChI=1S/C14H19N3O2.ClH/c1-2-16-13(18)10-3-5-12(6-4-10)17-14(19)11-7-8-15-9-11;/h3-6,11,15H,2,7-9H2,1H3,(H,16,18)(H,17,19);1H. The molecule has 1 aliphatic rings. The maximum absolute atomic E-state index is 11.9. The summed E-state index contributed by atoms with van der Waals surface area (Å²) in [6.07, 6.45) is 0.878. The van der Waals surface area contributed by atoms with Gasteiger partial charge in [0.15, 0.2) is 0 Å². The minimum atomic E-state index is -0.0969. The van der Waals surface area contributed by atoms with Crippen molar-refractivity contribution in [2.45, 2.75) is 13.3 Å². The normalized spacial score (nSPS) is 17.1. The molecule has 1 unspecified atom stereocenters. The number of carbonyl (C=O) groups excluding carboxylic acids is 2. The van der Waals surface area contributed by atoms with Crippen LogP contribution in [0.3, 0.4) is 0 Å².